The monoisotopic (exact) mass is 650 g/mol. The molecular formula is C29H27F5N6O4S. The Morgan fingerprint density at radius 2 is 1.64 bits per heavy atom. The summed E-state index contributed by atoms with van der Waals surface area (Å²) in [4.78, 5) is 27.8. The van der Waals surface area contributed by atoms with Crippen molar-refractivity contribution < 1.29 is 39.9 Å². The SMILES string of the molecule is CCC(F)(F)c1ccc(CNC(=O)[C@H]2CN(c3ccc4nccnc4n3)CCN2S(=O)(=O)c2ccc(OC(F)(F)F)cc2)cc1. The highest BCUT2D eigenvalue weighted by Gasteiger charge is 2.41. The quantitative estimate of drug-likeness (QED) is 0.261. The van der Waals surface area contributed by atoms with Gasteiger partial charge in [-0.05, 0) is 42.0 Å². The van der Waals surface area contributed by atoms with Gasteiger partial charge in [0.15, 0.2) is 5.65 Å². The van der Waals surface area contributed by atoms with E-state index in [-0.39, 0.29) is 43.1 Å². The zero-order valence-electron chi connectivity index (χ0n) is 23.7. The fraction of sp³-hybridized carbons (Fsp3) is 0.310. The molecule has 0 aliphatic carbocycles. The molecule has 238 valence electrons. The molecule has 0 spiro atoms. The predicted octanol–water partition coefficient (Wildman–Crippen LogP) is 4.62. The molecular weight excluding hydrogens is 623 g/mol. The van der Waals surface area contributed by atoms with Crippen molar-refractivity contribution in [3.8, 4) is 5.75 Å². The van der Waals surface area contributed by atoms with E-state index in [1.807, 2.05) is 0 Å². The van der Waals surface area contributed by atoms with Gasteiger partial charge in [-0.1, -0.05) is 31.2 Å². The Labute approximate surface area is 254 Å². The number of sulfonamides is 1. The minimum absolute atomic E-state index is 0.0749. The van der Waals surface area contributed by atoms with Crippen LogP contribution in [0.5, 0.6) is 5.75 Å². The van der Waals surface area contributed by atoms with E-state index in [0.717, 1.165) is 28.6 Å². The van der Waals surface area contributed by atoms with Crippen LogP contribution >= 0.6 is 0 Å². The number of ether oxygens (including phenoxy) is 1. The molecule has 1 N–H and O–H groups in total. The molecule has 2 aromatic carbocycles. The summed E-state index contributed by atoms with van der Waals surface area (Å²) in [5, 5.41) is 2.68. The van der Waals surface area contributed by atoms with Crippen molar-refractivity contribution in [3.05, 3.63) is 84.2 Å². The lowest BCUT2D eigenvalue weighted by molar-refractivity contribution is -0.274. The summed E-state index contributed by atoms with van der Waals surface area (Å²) in [6, 6.07) is 11.2. The van der Waals surface area contributed by atoms with Gasteiger partial charge in [0.25, 0.3) is 5.92 Å². The standard InChI is InChI=1S/C29H27F5N6O4S/c1-2-28(30,31)20-5-3-19(4-6-20)17-37-27(41)24-18-39(25-12-11-23-26(38-25)36-14-13-35-23)15-16-40(24)45(42,43)22-9-7-21(8-10-22)44-29(32,33)34/h3-14,24H,2,15-18H2,1H3,(H,37,41)/t24-/m1/s1. The number of nitrogens with one attached hydrogen (secondary N) is 1. The molecule has 0 unspecified atom stereocenters. The van der Waals surface area contributed by atoms with Crippen LogP contribution in [0.3, 0.4) is 0 Å². The van der Waals surface area contributed by atoms with Crippen LogP contribution in [0.25, 0.3) is 11.2 Å². The summed E-state index contributed by atoms with van der Waals surface area (Å²) in [6.07, 6.45) is -2.35. The third kappa shape index (κ3) is 7.28. The Kier molecular flexibility index (Phi) is 8.89. The lowest BCUT2D eigenvalue weighted by Gasteiger charge is -2.40. The first-order valence-electron chi connectivity index (χ1n) is 13.7. The van der Waals surface area contributed by atoms with Gasteiger partial charge in [-0.25, -0.2) is 27.2 Å². The molecule has 0 saturated carbocycles. The van der Waals surface area contributed by atoms with Crippen LogP contribution in [0.2, 0.25) is 0 Å². The number of anilines is 1. The average molecular weight is 651 g/mol. The van der Waals surface area contributed by atoms with Crippen LogP contribution in [0.4, 0.5) is 27.8 Å². The van der Waals surface area contributed by atoms with Crippen LogP contribution in [0.15, 0.2) is 78.0 Å². The van der Waals surface area contributed by atoms with Crippen LogP contribution in [0, 0.1) is 0 Å². The van der Waals surface area contributed by atoms with E-state index >= 15 is 0 Å². The highest BCUT2D eigenvalue weighted by molar-refractivity contribution is 7.89. The topological polar surface area (TPSA) is 118 Å². The maximum absolute atomic E-state index is 14.0. The maximum Gasteiger partial charge on any atom is 0.573 e. The number of amides is 1. The fourth-order valence-corrected chi connectivity index (χ4v) is 6.39. The van der Waals surface area contributed by atoms with Crippen molar-refractivity contribution in [3.63, 3.8) is 0 Å². The van der Waals surface area contributed by atoms with E-state index in [2.05, 4.69) is 25.0 Å². The van der Waals surface area contributed by atoms with Crippen molar-refractivity contribution in [1.29, 1.82) is 0 Å². The van der Waals surface area contributed by atoms with Crippen molar-refractivity contribution in [2.45, 2.75) is 43.1 Å². The molecule has 2 aromatic heterocycles. The van der Waals surface area contributed by atoms with Gasteiger partial charge >= 0.3 is 6.36 Å². The van der Waals surface area contributed by atoms with Gasteiger partial charge in [-0.3, -0.25) is 9.78 Å². The molecule has 1 atom stereocenters. The summed E-state index contributed by atoms with van der Waals surface area (Å²) in [5.41, 5.74) is 1.23. The smallest absolute Gasteiger partial charge is 0.406 e. The van der Waals surface area contributed by atoms with Crippen LogP contribution in [0.1, 0.15) is 24.5 Å². The van der Waals surface area contributed by atoms with Crippen molar-refractivity contribution in [1.82, 2.24) is 24.6 Å². The molecule has 4 aromatic rings. The van der Waals surface area contributed by atoms with E-state index in [9.17, 15) is 35.2 Å². The van der Waals surface area contributed by atoms with Crippen LogP contribution < -0.4 is 15.0 Å². The Hall–Kier alpha value is -4.44. The number of piperazine rings is 1. The van der Waals surface area contributed by atoms with E-state index in [1.54, 1.807) is 17.0 Å². The molecule has 0 radical (unpaired) electrons. The number of rotatable bonds is 9. The Morgan fingerprint density at radius 1 is 0.956 bits per heavy atom. The van der Waals surface area contributed by atoms with Crippen molar-refractivity contribution >= 4 is 32.9 Å². The lowest BCUT2D eigenvalue weighted by Crippen LogP contribution is -2.60. The predicted molar refractivity (Wildman–Crippen MR) is 153 cm³/mol. The second-order valence-corrected chi connectivity index (χ2v) is 12.0. The summed E-state index contributed by atoms with van der Waals surface area (Å²) in [7, 11) is -4.38. The Balaban J connectivity index is 1.40. The van der Waals surface area contributed by atoms with Gasteiger partial charge in [-0.2, -0.15) is 4.31 Å². The van der Waals surface area contributed by atoms with Gasteiger partial charge in [0.2, 0.25) is 15.9 Å². The normalized spacial score (nSPS) is 16.5. The summed E-state index contributed by atoms with van der Waals surface area (Å²) < 4.78 is 98.1. The molecule has 1 amide bonds. The molecule has 1 aliphatic rings. The summed E-state index contributed by atoms with van der Waals surface area (Å²) >= 11 is 0. The first kappa shape index (κ1) is 32.0. The van der Waals surface area contributed by atoms with E-state index < -0.39 is 40.0 Å². The molecule has 1 aliphatic heterocycles. The molecule has 5 rings (SSSR count). The van der Waals surface area contributed by atoms with Crippen LogP contribution in [-0.2, 0) is 27.3 Å². The number of pyridine rings is 1. The molecule has 3 heterocycles. The van der Waals surface area contributed by atoms with E-state index in [0.29, 0.717) is 22.5 Å². The number of nitrogens with zero attached hydrogens (tertiary/aromatic N) is 5. The lowest BCUT2D eigenvalue weighted by atomic mass is 10.0. The van der Waals surface area contributed by atoms with Crippen LogP contribution in [-0.4, -0.2) is 65.6 Å². The van der Waals surface area contributed by atoms with Gasteiger partial charge < -0.3 is 15.0 Å². The number of carbonyl (C=O) groups is 1. The first-order valence-corrected chi connectivity index (χ1v) is 15.2. The number of halogens is 5. The number of carbonyl (C=O) groups excluding carboxylic acids is 1. The Morgan fingerprint density at radius 3 is 2.31 bits per heavy atom. The van der Waals surface area contributed by atoms with Gasteiger partial charge in [0.1, 0.15) is 23.1 Å². The summed E-state index contributed by atoms with van der Waals surface area (Å²) in [5.74, 6) is -3.85. The van der Waals surface area contributed by atoms with Crippen molar-refractivity contribution in [2.24, 2.45) is 0 Å². The number of alkyl halides is 5. The third-order valence-corrected chi connectivity index (χ3v) is 9.15. The largest absolute Gasteiger partial charge is 0.573 e. The highest BCUT2D eigenvalue weighted by Crippen LogP contribution is 2.31. The van der Waals surface area contributed by atoms with Gasteiger partial charge in [0, 0.05) is 50.6 Å². The minimum Gasteiger partial charge on any atom is -0.406 e. The number of fused-ring (bicyclic) bond motifs is 1. The molecule has 1 saturated heterocycles. The van der Waals surface area contributed by atoms with E-state index in [4.69, 9.17) is 0 Å². The zero-order chi connectivity index (χ0) is 32.4. The molecule has 1 fully saturated rings. The third-order valence-electron chi connectivity index (χ3n) is 7.23. The molecule has 16 heteroatoms. The zero-order valence-corrected chi connectivity index (χ0v) is 24.5. The molecule has 45 heavy (non-hydrogen) atoms. The average Bonchev–Trinajstić information content (AvgIpc) is 3.02. The minimum atomic E-state index is -4.96. The second-order valence-electron chi connectivity index (χ2n) is 10.1. The fourth-order valence-electron chi connectivity index (χ4n) is 4.82. The molecule has 10 nitrogen and oxygen atoms in total. The highest BCUT2D eigenvalue weighted by atomic mass is 32.2. The van der Waals surface area contributed by atoms with Crippen molar-refractivity contribution in [2.75, 3.05) is 24.5 Å². The maximum atomic E-state index is 14.0. The second kappa shape index (κ2) is 12.5. The Bertz CT molecular complexity index is 1770. The van der Waals surface area contributed by atoms with Gasteiger partial charge in [-0.15, -0.1) is 13.2 Å². The number of aromatic nitrogens is 3. The number of benzene rings is 2. The van der Waals surface area contributed by atoms with Gasteiger partial charge in [0.05, 0.1) is 4.90 Å². The molecule has 0 bridgehead atoms. The number of hydrogen-bond acceptors (Lipinski definition) is 8. The number of hydrogen-bond donors (Lipinski definition) is 1. The first-order chi connectivity index (χ1) is 21.3. The summed E-state index contributed by atoms with van der Waals surface area (Å²) in [6.45, 7) is 1.13. The van der Waals surface area contributed by atoms with E-state index in [1.165, 1.54) is 43.6 Å².